The SMILES string of the molecule is O=C(Cc1ccc(-c2ccc(Cl)cc2Cl)s1)NCCN1CC[S+]([O-])CC1. The highest BCUT2D eigenvalue weighted by molar-refractivity contribution is 7.91. The van der Waals surface area contributed by atoms with Gasteiger partial charge in [-0.15, -0.1) is 11.3 Å². The fraction of sp³-hybridized carbons (Fsp3) is 0.389. The number of rotatable bonds is 6. The molecule has 3 rings (SSSR count). The van der Waals surface area contributed by atoms with Crippen LogP contribution in [0.25, 0.3) is 10.4 Å². The molecule has 0 saturated carbocycles. The van der Waals surface area contributed by atoms with E-state index < -0.39 is 11.2 Å². The second-order valence-electron chi connectivity index (χ2n) is 6.11. The molecule has 0 bridgehead atoms. The van der Waals surface area contributed by atoms with Crippen LogP contribution in [0, 0.1) is 0 Å². The van der Waals surface area contributed by atoms with Gasteiger partial charge in [0.15, 0.2) is 0 Å². The van der Waals surface area contributed by atoms with E-state index in [4.69, 9.17) is 23.2 Å². The number of nitrogens with one attached hydrogen (secondary N) is 1. The van der Waals surface area contributed by atoms with E-state index in [-0.39, 0.29) is 5.91 Å². The normalized spacial score (nSPS) is 16.0. The predicted octanol–water partition coefficient (Wildman–Crippen LogP) is 3.44. The molecule has 0 spiro atoms. The Bertz CT molecular complexity index is 761. The van der Waals surface area contributed by atoms with Crippen LogP contribution in [0.3, 0.4) is 0 Å². The average molecular weight is 431 g/mol. The number of hydrogen-bond donors (Lipinski definition) is 1. The monoisotopic (exact) mass is 430 g/mol. The van der Waals surface area contributed by atoms with E-state index in [0.29, 0.717) is 23.0 Å². The third-order valence-corrected chi connectivity index (χ3v) is 7.16. The largest absolute Gasteiger partial charge is 0.616 e. The van der Waals surface area contributed by atoms with Crippen molar-refractivity contribution in [3.05, 3.63) is 45.3 Å². The molecule has 4 nitrogen and oxygen atoms in total. The van der Waals surface area contributed by atoms with Crippen LogP contribution < -0.4 is 5.32 Å². The van der Waals surface area contributed by atoms with Crippen LogP contribution in [0.1, 0.15) is 4.88 Å². The van der Waals surface area contributed by atoms with Crippen molar-refractivity contribution in [2.75, 3.05) is 37.7 Å². The Kier molecular flexibility index (Phi) is 7.26. The zero-order chi connectivity index (χ0) is 18.5. The number of halogens is 2. The Hall–Kier alpha value is -0.760. The molecule has 1 amide bonds. The van der Waals surface area contributed by atoms with Crippen molar-refractivity contribution in [2.24, 2.45) is 0 Å². The Morgan fingerprint density at radius 2 is 2.00 bits per heavy atom. The van der Waals surface area contributed by atoms with Gasteiger partial charge < -0.3 is 9.87 Å². The molecular weight excluding hydrogens is 411 g/mol. The van der Waals surface area contributed by atoms with Gasteiger partial charge in [0.25, 0.3) is 0 Å². The van der Waals surface area contributed by atoms with Gasteiger partial charge in [0.05, 0.1) is 11.4 Å². The van der Waals surface area contributed by atoms with E-state index in [9.17, 15) is 9.35 Å². The van der Waals surface area contributed by atoms with E-state index in [1.165, 1.54) is 0 Å². The molecule has 0 aliphatic carbocycles. The van der Waals surface area contributed by atoms with E-state index in [0.717, 1.165) is 46.5 Å². The highest BCUT2D eigenvalue weighted by atomic mass is 35.5. The first-order valence-corrected chi connectivity index (χ1v) is 11.5. The Labute approximate surface area is 170 Å². The maximum absolute atomic E-state index is 12.1. The Morgan fingerprint density at radius 3 is 2.73 bits per heavy atom. The molecular formula is C18H20Cl2N2O2S2. The first kappa shape index (κ1) is 20.0. The molecule has 2 heterocycles. The van der Waals surface area contributed by atoms with Crippen LogP contribution in [-0.4, -0.2) is 53.0 Å². The van der Waals surface area contributed by atoms with Crippen molar-refractivity contribution < 1.29 is 9.35 Å². The quantitative estimate of drug-likeness (QED) is 0.713. The summed E-state index contributed by atoms with van der Waals surface area (Å²) in [5, 5.41) is 4.18. The molecule has 1 aromatic heterocycles. The summed E-state index contributed by atoms with van der Waals surface area (Å²) < 4.78 is 11.3. The van der Waals surface area contributed by atoms with Crippen molar-refractivity contribution in [1.82, 2.24) is 10.2 Å². The summed E-state index contributed by atoms with van der Waals surface area (Å²) >= 11 is 13.1. The lowest BCUT2D eigenvalue weighted by Gasteiger charge is -2.27. The molecule has 0 atom stereocenters. The van der Waals surface area contributed by atoms with Gasteiger partial charge in [0, 0.05) is 46.5 Å². The first-order chi connectivity index (χ1) is 12.5. The topological polar surface area (TPSA) is 55.4 Å². The highest BCUT2D eigenvalue weighted by Gasteiger charge is 2.18. The maximum Gasteiger partial charge on any atom is 0.225 e. The molecule has 1 aromatic carbocycles. The second kappa shape index (κ2) is 9.44. The molecule has 140 valence electrons. The zero-order valence-electron chi connectivity index (χ0n) is 14.2. The molecule has 0 radical (unpaired) electrons. The molecule has 1 saturated heterocycles. The van der Waals surface area contributed by atoms with E-state index >= 15 is 0 Å². The predicted molar refractivity (Wildman–Crippen MR) is 111 cm³/mol. The number of benzene rings is 1. The molecule has 26 heavy (non-hydrogen) atoms. The number of thiophene rings is 1. The standard InChI is InChI=1S/C18H20Cl2N2O2S2/c19-13-1-3-15(16(20)11-13)17-4-2-14(25-17)12-18(23)21-5-6-22-7-9-26(24)10-8-22/h1-4,11H,5-10,12H2,(H,21,23). The van der Waals surface area contributed by atoms with Crippen molar-refractivity contribution in [1.29, 1.82) is 0 Å². The summed E-state index contributed by atoms with van der Waals surface area (Å²) in [6, 6.07) is 9.37. The minimum atomic E-state index is -0.663. The lowest BCUT2D eigenvalue weighted by molar-refractivity contribution is -0.120. The summed E-state index contributed by atoms with van der Waals surface area (Å²) in [5.41, 5.74) is 0.926. The zero-order valence-corrected chi connectivity index (χ0v) is 17.3. The van der Waals surface area contributed by atoms with Gasteiger partial charge in [-0.25, -0.2) is 0 Å². The van der Waals surface area contributed by atoms with Crippen LogP contribution in [0.2, 0.25) is 10.0 Å². The number of carbonyl (C=O) groups is 1. The highest BCUT2D eigenvalue weighted by Crippen LogP contribution is 2.35. The van der Waals surface area contributed by atoms with Crippen LogP contribution in [0.5, 0.6) is 0 Å². The van der Waals surface area contributed by atoms with Crippen LogP contribution >= 0.6 is 34.5 Å². The van der Waals surface area contributed by atoms with E-state index in [1.54, 1.807) is 17.4 Å². The summed E-state index contributed by atoms with van der Waals surface area (Å²) in [6.45, 7) is 3.11. The van der Waals surface area contributed by atoms with Gasteiger partial charge in [-0.2, -0.15) is 0 Å². The lowest BCUT2D eigenvalue weighted by atomic mass is 10.2. The smallest absolute Gasteiger partial charge is 0.225 e. The van der Waals surface area contributed by atoms with Crippen molar-refractivity contribution in [3.63, 3.8) is 0 Å². The summed E-state index contributed by atoms with van der Waals surface area (Å²) in [7, 11) is 0. The number of nitrogens with zero attached hydrogens (tertiary/aromatic N) is 1. The number of amides is 1. The number of hydrogen-bond acceptors (Lipinski definition) is 4. The van der Waals surface area contributed by atoms with E-state index in [1.807, 2.05) is 24.3 Å². The lowest BCUT2D eigenvalue weighted by Crippen LogP contribution is -2.44. The molecule has 8 heteroatoms. The van der Waals surface area contributed by atoms with Gasteiger partial charge in [0.1, 0.15) is 11.5 Å². The molecule has 1 aliphatic heterocycles. The molecule has 1 aliphatic rings. The number of carbonyl (C=O) groups excluding carboxylic acids is 1. The van der Waals surface area contributed by atoms with Gasteiger partial charge in [-0.05, 0) is 24.3 Å². The minimum Gasteiger partial charge on any atom is -0.616 e. The van der Waals surface area contributed by atoms with Gasteiger partial charge in [0.2, 0.25) is 5.91 Å². The summed E-state index contributed by atoms with van der Waals surface area (Å²) in [4.78, 5) is 16.4. The average Bonchev–Trinajstić information content (AvgIpc) is 3.04. The fourth-order valence-corrected chi connectivity index (χ4v) is 5.52. The first-order valence-electron chi connectivity index (χ1n) is 8.39. The molecule has 2 aromatic rings. The maximum atomic E-state index is 12.1. The Morgan fingerprint density at radius 1 is 1.23 bits per heavy atom. The molecule has 0 unspecified atom stereocenters. The molecule has 1 N–H and O–H groups in total. The van der Waals surface area contributed by atoms with Crippen LogP contribution in [0.15, 0.2) is 30.3 Å². The Balaban J connectivity index is 1.47. The van der Waals surface area contributed by atoms with Gasteiger partial charge in [-0.3, -0.25) is 9.69 Å². The minimum absolute atomic E-state index is 0.0150. The van der Waals surface area contributed by atoms with E-state index in [2.05, 4.69) is 10.2 Å². The van der Waals surface area contributed by atoms with Crippen LogP contribution in [-0.2, 0) is 22.4 Å². The third-order valence-electron chi connectivity index (χ3n) is 4.21. The van der Waals surface area contributed by atoms with Crippen LogP contribution in [0.4, 0.5) is 0 Å². The molecule has 1 fully saturated rings. The summed E-state index contributed by atoms with van der Waals surface area (Å²) in [5.74, 6) is 1.49. The van der Waals surface area contributed by atoms with Gasteiger partial charge >= 0.3 is 0 Å². The van der Waals surface area contributed by atoms with Gasteiger partial charge in [-0.1, -0.05) is 40.4 Å². The fourth-order valence-electron chi connectivity index (χ4n) is 2.78. The van der Waals surface area contributed by atoms with Crippen molar-refractivity contribution in [2.45, 2.75) is 6.42 Å². The second-order valence-corrected chi connectivity index (χ2v) is 9.81. The third kappa shape index (κ3) is 5.62. The summed E-state index contributed by atoms with van der Waals surface area (Å²) in [6.07, 6.45) is 0.361. The van der Waals surface area contributed by atoms with Crippen molar-refractivity contribution in [3.8, 4) is 10.4 Å². The van der Waals surface area contributed by atoms with Crippen molar-refractivity contribution >= 4 is 51.6 Å².